The molecule has 5 nitrogen and oxygen atoms in total. The minimum absolute atomic E-state index is 0.141. The molecule has 0 aliphatic heterocycles. The first-order chi connectivity index (χ1) is 13.5. The quantitative estimate of drug-likeness (QED) is 0.725. The van der Waals surface area contributed by atoms with Crippen LogP contribution in [0.2, 0.25) is 0 Å². The average Bonchev–Trinajstić information content (AvgIpc) is 2.88. The molecule has 0 aromatic heterocycles. The molecular weight excluding hydrogens is 368 g/mol. The number of hydrogen-bond donors (Lipinski definition) is 1. The number of hydrogen-bond acceptors (Lipinski definition) is 5. The highest BCUT2D eigenvalue weighted by Crippen LogP contribution is 2.69. The van der Waals surface area contributed by atoms with Crippen LogP contribution in [0.5, 0.6) is 0 Å². The summed E-state index contributed by atoms with van der Waals surface area (Å²) in [6.07, 6.45) is 7.30. The second kappa shape index (κ2) is 6.90. The van der Waals surface area contributed by atoms with Crippen LogP contribution in [0, 0.1) is 40.4 Å². The van der Waals surface area contributed by atoms with Gasteiger partial charge in [-0.3, -0.25) is 14.4 Å². The largest absolute Gasteiger partial charge is 0.458 e. The first-order valence-electron chi connectivity index (χ1n) is 11.4. The number of aliphatic hydroxyl groups is 1. The van der Waals surface area contributed by atoms with E-state index in [0.717, 1.165) is 44.9 Å². The molecule has 29 heavy (non-hydrogen) atoms. The number of esters is 1. The van der Waals surface area contributed by atoms with E-state index in [2.05, 4.69) is 13.8 Å². The molecule has 5 heteroatoms. The lowest BCUT2D eigenvalue weighted by molar-refractivity contribution is -0.179. The summed E-state index contributed by atoms with van der Waals surface area (Å²) in [5.41, 5.74) is -1.69. The maximum absolute atomic E-state index is 13.1. The fourth-order valence-electron chi connectivity index (χ4n) is 8.26. The van der Waals surface area contributed by atoms with E-state index in [1.807, 2.05) is 6.92 Å². The summed E-state index contributed by atoms with van der Waals surface area (Å²) < 4.78 is 4.98. The van der Waals surface area contributed by atoms with Crippen LogP contribution in [0.3, 0.4) is 0 Å². The molecule has 4 rings (SSSR count). The van der Waals surface area contributed by atoms with E-state index in [1.54, 1.807) is 0 Å². The molecule has 1 N–H and O–H groups in total. The summed E-state index contributed by atoms with van der Waals surface area (Å²) >= 11 is 0. The number of fused-ring (bicyclic) bond motifs is 5. The predicted molar refractivity (Wildman–Crippen MR) is 108 cm³/mol. The van der Waals surface area contributed by atoms with Crippen LogP contribution < -0.4 is 0 Å². The van der Waals surface area contributed by atoms with E-state index in [4.69, 9.17) is 4.74 Å². The van der Waals surface area contributed by atoms with Gasteiger partial charge in [0.25, 0.3) is 0 Å². The molecule has 0 saturated heterocycles. The minimum Gasteiger partial charge on any atom is -0.458 e. The molecule has 4 saturated carbocycles. The first kappa shape index (κ1) is 21.0. The van der Waals surface area contributed by atoms with Gasteiger partial charge >= 0.3 is 5.97 Å². The average molecular weight is 405 g/mol. The van der Waals surface area contributed by atoms with Gasteiger partial charge in [-0.05, 0) is 73.5 Å². The van der Waals surface area contributed by atoms with Crippen LogP contribution in [0.25, 0.3) is 0 Å². The van der Waals surface area contributed by atoms with Crippen molar-refractivity contribution in [1.29, 1.82) is 0 Å². The Morgan fingerprint density at radius 2 is 1.86 bits per heavy atom. The fourth-order valence-corrected chi connectivity index (χ4v) is 8.26. The van der Waals surface area contributed by atoms with Gasteiger partial charge in [-0.15, -0.1) is 0 Å². The maximum Gasteiger partial charge on any atom is 0.303 e. The zero-order valence-corrected chi connectivity index (χ0v) is 18.3. The topological polar surface area (TPSA) is 80.7 Å². The highest BCUT2D eigenvalue weighted by atomic mass is 16.5. The second-order valence-electron chi connectivity index (χ2n) is 11.0. The molecule has 8 atom stereocenters. The fraction of sp³-hybridized carbons (Fsp3) is 0.875. The van der Waals surface area contributed by atoms with Gasteiger partial charge in [0.15, 0.2) is 6.61 Å². The Labute approximate surface area is 174 Å². The molecule has 4 fully saturated rings. The Hall–Kier alpha value is -1.23. The number of rotatable bonds is 3. The van der Waals surface area contributed by atoms with Crippen molar-refractivity contribution in [3.05, 3.63) is 0 Å². The molecule has 0 bridgehead atoms. The van der Waals surface area contributed by atoms with Crippen molar-refractivity contribution in [3.63, 3.8) is 0 Å². The van der Waals surface area contributed by atoms with E-state index in [-0.39, 0.29) is 23.7 Å². The Bertz CT molecular complexity index is 731. The van der Waals surface area contributed by atoms with Gasteiger partial charge in [0.2, 0.25) is 5.78 Å². The molecule has 4 aliphatic carbocycles. The lowest BCUT2D eigenvalue weighted by Crippen LogP contribution is -2.60. The molecule has 0 aromatic carbocycles. The summed E-state index contributed by atoms with van der Waals surface area (Å²) in [5.74, 6) is 1.33. The summed E-state index contributed by atoms with van der Waals surface area (Å²) in [5, 5.41) is 11.7. The molecule has 0 spiro atoms. The van der Waals surface area contributed by atoms with Crippen molar-refractivity contribution < 1.29 is 24.2 Å². The predicted octanol–water partition coefficient (Wildman–Crippen LogP) is 3.71. The van der Waals surface area contributed by atoms with Crippen molar-refractivity contribution in [2.24, 2.45) is 40.4 Å². The number of ketones is 2. The lowest BCUT2D eigenvalue weighted by Gasteiger charge is -2.60. The summed E-state index contributed by atoms with van der Waals surface area (Å²) in [7, 11) is 0. The first-order valence-corrected chi connectivity index (χ1v) is 11.4. The van der Waals surface area contributed by atoms with Gasteiger partial charge in [-0.25, -0.2) is 0 Å². The van der Waals surface area contributed by atoms with Gasteiger partial charge in [0, 0.05) is 25.2 Å². The van der Waals surface area contributed by atoms with E-state index >= 15 is 0 Å². The number of carbonyl (C=O) groups is 3. The molecule has 4 aliphatic rings. The number of Topliss-reactive ketones (excluding diaryl/α,β-unsaturated/α-hetero) is 2. The van der Waals surface area contributed by atoms with E-state index in [1.165, 1.54) is 6.92 Å². The van der Waals surface area contributed by atoms with Gasteiger partial charge < -0.3 is 9.84 Å². The zero-order chi connectivity index (χ0) is 21.2. The van der Waals surface area contributed by atoms with Gasteiger partial charge in [-0.2, -0.15) is 0 Å². The zero-order valence-electron chi connectivity index (χ0n) is 18.3. The van der Waals surface area contributed by atoms with Crippen molar-refractivity contribution in [3.8, 4) is 0 Å². The third kappa shape index (κ3) is 2.86. The number of ether oxygens (including phenoxy) is 1. The molecule has 162 valence electrons. The van der Waals surface area contributed by atoms with Crippen molar-refractivity contribution in [1.82, 2.24) is 0 Å². The van der Waals surface area contributed by atoms with Crippen LogP contribution >= 0.6 is 0 Å². The Morgan fingerprint density at radius 1 is 1.14 bits per heavy atom. The lowest BCUT2D eigenvalue weighted by atomic mass is 9.44. The van der Waals surface area contributed by atoms with E-state index in [9.17, 15) is 19.5 Å². The van der Waals surface area contributed by atoms with Crippen molar-refractivity contribution >= 4 is 17.5 Å². The van der Waals surface area contributed by atoms with Crippen LogP contribution in [0.1, 0.15) is 79.1 Å². The Balaban J connectivity index is 1.62. The van der Waals surface area contributed by atoms with Crippen LogP contribution in [-0.2, 0) is 19.1 Å². The van der Waals surface area contributed by atoms with Crippen LogP contribution in [0.4, 0.5) is 0 Å². The van der Waals surface area contributed by atoms with Gasteiger partial charge in [-0.1, -0.05) is 20.8 Å². The van der Waals surface area contributed by atoms with Crippen LogP contribution in [0.15, 0.2) is 0 Å². The molecular formula is C24H36O5. The molecule has 0 heterocycles. The molecule has 0 radical (unpaired) electrons. The normalized spacial score (nSPS) is 49.0. The molecule has 0 amide bonds. The summed E-state index contributed by atoms with van der Waals surface area (Å²) in [6.45, 7) is 7.44. The second-order valence-corrected chi connectivity index (χ2v) is 11.0. The van der Waals surface area contributed by atoms with Gasteiger partial charge in [0.05, 0.1) is 0 Å². The maximum atomic E-state index is 13.1. The summed E-state index contributed by atoms with van der Waals surface area (Å²) in [4.78, 5) is 36.3. The highest BCUT2D eigenvalue weighted by molar-refractivity contribution is 5.91. The standard InChI is InChI=1S/C24H36O5/c1-14-11-20-18-6-5-16-12-17(26)7-9-22(16,3)19(18)8-10-23(20,4)24(14,28)21(27)13-29-15(2)25/h14,16,18-20,28H,5-13H2,1-4H3/t14-,16+,18?,19?,20?,22?,23?,24+/m1/s1. The molecule has 5 unspecified atom stereocenters. The van der Waals surface area contributed by atoms with Crippen LogP contribution in [-0.4, -0.2) is 34.9 Å². The Morgan fingerprint density at radius 3 is 2.55 bits per heavy atom. The smallest absolute Gasteiger partial charge is 0.303 e. The monoisotopic (exact) mass is 404 g/mol. The number of carbonyl (C=O) groups excluding carboxylic acids is 3. The highest BCUT2D eigenvalue weighted by Gasteiger charge is 2.69. The molecule has 0 aromatic rings. The third-order valence-corrected chi connectivity index (χ3v) is 9.89. The van der Waals surface area contributed by atoms with E-state index in [0.29, 0.717) is 35.9 Å². The third-order valence-electron chi connectivity index (χ3n) is 9.89. The Kier molecular flexibility index (Phi) is 5.00. The van der Waals surface area contributed by atoms with Crippen molar-refractivity contribution in [2.75, 3.05) is 6.61 Å². The van der Waals surface area contributed by atoms with Gasteiger partial charge in [0.1, 0.15) is 11.4 Å². The summed E-state index contributed by atoms with van der Waals surface area (Å²) in [6, 6.07) is 0. The van der Waals surface area contributed by atoms with E-state index < -0.39 is 17.0 Å². The minimum atomic E-state index is -1.43. The SMILES string of the molecule is CC(=O)OCC(=O)[C@@]1(O)[C@H](C)CC2C3CC[C@H]4CC(=O)CCC4(C)C3CCC21C. The van der Waals surface area contributed by atoms with Crippen molar-refractivity contribution in [2.45, 2.75) is 84.7 Å².